The summed E-state index contributed by atoms with van der Waals surface area (Å²) < 4.78 is 51.2. The van der Waals surface area contributed by atoms with Gasteiger partial charge in [-0.05, 0) is 18.2 Å². The van der Waals surface area contributed by atoms with Crippen LogP contribution in [0.4, 0.5) is 28.0 Å². The van der Waals surface area contributed by atoms with E-state index in [9.17, 15) is 22.4 Å². The Bertz CT molecular complexity index is 510. The predicted molar refractivity (Wildman–Crippen MR) is 64.8 cm³/mol. The zero-order valence-electron chi connectivity index (χ0n) is 10.5. The van der Waals surface area contributed by atoms with Crippen molar-refractivity contribution in [2.75, 3.05) is 31.1 Å². The third-order valence-electron chi connectivity index (χ3n) is 3.17. The molecule has 0 radical (unpaired) electrons. The Balaban J connectivity index is 2.18. The van der Waals surface area contributed by atoms with E-state index in [1.807, 2.05) is 0 Å². The van der Waals surface area contributed by atoms with E-state index in [4.69, 9.17) is 5.73 Å². The summed E-state index contributed by atoms with van der Waals surface area (Å²) in [5.41, 5.74) is 4.25. The molecule has 0 aliphatic carbocycles. The normalized spacial score (nSPS) is 16.4. The number of nitrogens with two attached hydrogens (primary N) is 1. The number of nitrogens with zero attached hydrogens (tertiary/aromatic N) is 2. The molecular formula is C12H13F4N3O. The van der Waals surface area contributed by atoms with E-state index in [0.29, 0.717) is 32.2 Å². The molecule has 0 saturated carbocycles. The van der Waals surface area contributed by atoms with Gasteiger partial charge in [0, 0.05) is 31.9 Å². The van der Waals surface area contributed by atoms with Gasteiger partial charge in [0.2, 0.25) is 0 Å². The molecule has 1 fully saturated rings. The molecule has 0 bridgehead atoms. The minimum atomic E-state index is -4.59. The van der Waals surface area contributed by atoms with Crippen molar-refractivity contribution in [1.29, 1.82) is 0 Å². The van der Waals surface area contributed by atoms with Gasteiger partial charge in [0.25, 0.3) is 0 Å². The number of halogens is 4. The average molecular weight is 291 g/mol. The highest BCUT2D eigenvalue weighted by molar-refractivity contribution is 5.72. The van der Waals surface area contributed by atoms with Gasteiger partial charge in [-0.2, -0.15) is 13.2 Å². The lowest BCUT2D eigenvalue weighted by atomic mass is 10.1. The van der Waals surface area contributed by atoms with Crippen LogP contribution < -0.4 is 10.6 Å². The Kier molecular flexibility index (Phi) is 3.74. The molecule has 1 saturated heterocycles. The second-order valence-corrected chi connectivity index (χ2v) is 4.51. The Morgan fingerprint density at radius 1 is 1.10 bits per heavy atom. The van der Waals surface area contributed by atoms with Gasteiger partial charge in [-0.25, -0.2) is 9.18 Å². The number of carbonyl (C=O) groups is 1. The fourth-order valence-corrected chi connectivity index (χ4v) is 2.11. The summed E-state index contributed by atoms with van der Waals surface area (Å²) in [4.78, 5) is 13.9. The molecule has 0 unspecified atom stereocenters. The summed E-state index contributed by atoms with van der Waals surface area (Å²) in [6.45, 7) is 1.22. The molecule has 1 aromatic rings. The van der Waals surface area contributed by atoms with Crippen molar-refractivity contribution in [3.63, 3.8) is 0 Å². The lowest BCUT2D eigenvalue weighted by molar-refractivity contribution is -0.137. The molecule has 4 nitrogen and oxygen atoms in total. The second-order valence-electron chi connectivity index (χ2n) is 4.51. The van der Waals surface area contributed by atoms with Crippen molar-refractivity contribution >= 4 is 11.7 Å². The van der Waals surface area contributed by atoms with E-state index in [-0.39, 0.29) is 5.69 Å². The number of piperazine rings is 1. The molecule has 0 atom stereocenters. The van der Waals surface area contributed by atoms with Crippen molar-refractivity contribution in [3.8, 4) is 0 Å². The highest BCUT2D eigenvalue weighted by Crippen LogP contribution is 2.32. The van der Waals surface area contributed by atoms with Gasteiger partial charge in [0.05, 0.1) is 5.56 Å². The van der Waals surface area contributed by atoms with Crippen LogP contribution in [0.15, 0.2) is 18.2 Å². The molecule has 20 heavy (non-hydrogen) atoms. The molecule has 8 heteroatoms. The van der Waals surface area contributed by atoms with Crippen LogP contribution in [0.3, 0.4) is 0 Å². The fraction of sp³-hybridized carbons (Fsp3) is 0.417. The summed E-state index contributed by atoms with van der Waals surface area (Å²) in [6, 6.07) is 1.85. The first-order chi connectivity index (χ1) is 9.27. The van der Waals surface area contributed by atoms with Gasteiger partial charge in [-0.3, -0.25) is 0 Å². The third-order valence-corrected chi connectivity index (χ3v) is 3.17. The summed E-state index contributed by atoms with van der Waals surface area (Å²) in [6.07, 6.45) is -4.59. The molecule has 0 aromatic heterocycles. The van der Waals surface area contributed by atoms with Crippen LogP contribution in [0.2, 0.25) is 0 Å². The van der Waals surface area contributed by atoms with Crippen LogP contribution >= 0.6 is 0 Å². The number of anilines is 1. The number of amides is 2. The molecule has 1 aromatic carbocycles. The van der Waals surface area contributed by atoms with Gasteiger partial charge in [-0.15, -0.1) is 0 Å². The number of benzene rings is 1. The van der Waals surface area contributed by atoms with Gasteiger partial charge in [0.15, 0.2) is 0 Å². The van der Waals surface area contributed by atoms with E-state index < -0.39 is 23.6 Å². The number of hydrogen-bond donors (Lipinski definition) is 1. The minimum absolute atomic E-state index is 0.154. The first-order valence-electron chi connectivity index (χ1n) is 5.94. The first-order valence-corrected chi connectivity index (χ1v) is 5.94. The fourth-order valence-electron chi connectivity index (χ4n) is 2.11. The van der Waals surface area contributed by atoms with Crippen LogP contribution in [-0.4, -0.2) is 37.1 Å². The highest BCUT2D eigenvalue weighted by atomic mass is 19.4. The van der Waals surface area contributed by atoms with Crippen molar-refractivity contribution in [1.82, 2.24) is 4.90 Å². The van der Waals surface area contributed by atoms with Gasteiger partial charge >= 0.3 is 12.2 Å². The molecule has 110 valence electrons. The van der Waals surface area contributed by atoms with E-state index in [1.54, 1.807) is 4.90 Å². The molecule has 1 heterocycles. The van der Waals surface area contributed by atoms with Crippen LogP contribution in [0.5, 0.6) is 0 Å². The molecule has 2 amide bonds. The van der Waals surface area contributed by atoms with Crippen molar-refractivity contribution < 1.29 is 22.4 Å². The predicted octanol–water partition coefficient (Wildman–Crippen LogP) is 2.05. The number of hydrogen-bond acceptors (Lipinski definition) is 2. The second kappa shape index (κ2) is 5.18. The SMILES string of the molecule is NC(=O)N1CCN(c2cc(F)cc(C(F)(F)F)c2)CC1. The number of rotatable bonds is 1. The Morgan fingerprint density at radius 2 is 1.70 bits per heavy atom. The third kappa shape index (κ3) is 3.12. The summed E-state index contributed by atoms with van der Waals surface area (Å²) in [5.74, 6) is -0.938. The van der Waals surface area contributed by atoms with Crippen molar-refractivity contribution in [2.24, 2.45) is 5.73 Å². The Hall–Kier alpha value is -1.99. The number of primary amides is 1. The number of alkyl halides is 3. The molecule has 1 aliphatic rings. The molecular weight excluding hydrogens is 278 g/mol. The van der Waals surface area contributed by atoms with Crippen LogP contribution in [0.25, 0.3) is 0 Å². The van der Waals surface area contributed by atoms with Gasteiger partial charge < -0.3 is 15.5 Å². The topological polar surface area (TPSA) is 49.6 Å². The lowest BCUT2D eigenvalue weighted by Gasteiger charge is -2.35. The van der Waals surface area contributed by atoms with E-state index in [2.05, 4.69) is 0 Å². The Morgan fingerprint density at radius 3 is 2.20 bits per heavy atom. The maximum absolute atomic E-state index is 13.3. The molecule has 2 N–H and O–H groups in total. The van der Waals surface area contributed by atoms with E-state index in [1.165, 1.54) is 4.90 Å². The number of urea groups is 1. The zero-order chi connectivity index (χ0) is 14.9. The summed E-state index contributed by atoms with van der Waals surface area (Å²) >= 11 is 0. The van der Waals surface area contributed by atoms with Gasteiger partial charge in [0.1, 0.15) is 5.82 Å². The quantitative estimate of drug-likeness (QED) is 0.805. The molecule has 1 aliphatic heterocycles. The maximum Gasteiger partial charge on any atom is 0.416 e. The van der Waals surface area contributed by atoms with Crippen LogP contribution in [0, 0.1) is 5.82 Å². The van der Waals surface area contributed by atoms with E-state index >= 15 is 0 Å². The summed E-state index contributed by atoms with van der Waals surface area (Å²) in [7, 11) is 0. The maximum atomic E-state index is 13.3. The Labute approximate surface area is 112 Å². The standard InChI is InChI=1S/C12H13F4N3O/c13-9-5-8(12(14,15)16)6-10(7-9)18-1-3-19(4-2-18)11(17)20/h5-7H,1-4H2,(H2,17,20). The van der Waals surface area contributed by atoms with Crippen molar-refractivity contribution in [2.45, 2.75) is 6.18 Å². The first kappa shape index (κ1) is 14.4. The minimum Gasteiger partial charge on any atom is -0.368 e. The summed E-state index contributed by atoms with van der Waals surface area (Å²) in [5, 5.41) is 0. The lowest BCUT2D eigenvalue weighted by Crippen LogP contribution is -2.50. The monoisotopic (exact) mass is 291 g/mol. The van der Waals surface area contributed by atoms with Crippen LogP contribution in [0.1, 0.15) is 5.56 Å². The smallest absolute Gasteiger partial charge is 0.368 e. The molecule has 0 spiro atoms. The average Bonchev–Trinajstić information content (AvgIpc) is 2.37. The highest BCUT2D eigenvalue weighted by Gasteiger charge is 2.32. The van der Waals surface area contributed by atoms with Gasteiger partial charge in [-0.1, -0.05) is 0 Å². The molecule has 2 rings (SSSR count). The van der Waals surface area contributed by atoms with Crippen LogP contribution in [-0.2, 0) is 6.18 Å². The van der Waals surface area contributed by atoms with E-state index in [0.717, 1.165) is 12.1 Å². The zero-order valence-corrected chi connectivity index (χ0v) is 10.5. The van der Waals surface area contributed by atoms with Crippen molar-refractivity contribution in [3.05, 3.63) is 29.6 Å². The number of carbonyl (C=O) groups excluding carboxylic acids is 1. The largest absolute Gasteiger partial charge is 0.416 e.